The Kier molecular flexibility index (Phi) is 6.27. The summed E-state index contributed by atoms with van der Waals surface area (Å²) in [5.74, 6) is -0.204. The van der Waals surface area contributed by atoms with Crippen LogP contribution < -0.4 is 9.04 Å². The molecule has 0 aliphatic carbocycles. The zero-order chi connectivity index (χ0) is 23.1. The summed E-state index contributed by atoms with van der Waals surface area (Å²) in [6, 6.07) is 4.71. The van der Waals surface area contributed by atoms with E-state index in [-0.39, 0.29) is 45.1 Å². The van der Waals surface area contributed by atoms with Crippen LogP contribution in [-0.2, 0) is 16.2 Å². The molecule has 0 bridgehead atoms. The van der Waals surface area contributed by atoms with E-state index in [9.17, 15) is 26.4 Å². The fourth-order valence-electron chi connectivity index (χ4n) is 3.67. The minimum absolute atomic E-state index is 0.0229. The molecule has 1 atom stereocenters. The summed E-state index contributed by atoms with van der Waals surface area (Å²) in [6.07, 6.45) is -0.415. The highest BCUT2D eigenvalue weighted by atomic mass is 127. The lowest BCUT2D eigenvalue weighted by Gasteiger charge is -2.33. The van der Waals surface area contributed by atoms with E-state index in [1.807, 2.05) is 0 Å². The van der Waals surface area contributed by atoms with Gasteiger partial charge in [0.2, 0.25) is 5.88 Å². The van der Waals surface area contributed by atoms with E-state index >= 15 is 0 Å². The predicted octanol–water partition coefficient (Wildman–Crippen LogP) is 4.08. The van der Waals surface area contributed by atoms with Crippen molar-refractivity contribution in [2.24, 2.45) is 0 Å². The molecule has 0 saturated carbocycles. The van der Waals surface area contributed by atoms with Gasteiger partial charge in [-0.25, -0.2) is 13.4 Å². The number of carbonyl (C=O) groups is 1. The first kappa shape index (κ1) is 23.1. The van der Waals surface area contributed by atoms with Gasteiger partial charge in [-0.15, -0.1) is 0 Å². The van der Waals surface area contributed by atoms with E-state index in [1.54, 1.807) is 4.90 Å². The van der Waals surface area contributed by atoms with Gasteiger partial charge < -0.3 is 9.64 Å². The Bertz CT molecular complexity index is 1130. The maximum absolute atomic E-state index is 13.2. The summed E-state index contributed by atoms with van der Waals surface area (Å²) in [5, 5.41) is 0. The van der Waals surface area contributed by atoms with Crippen LogP contribution in [0, 0.1) is 0 Å². The Labute approximate surface area is 196 Å². The molecule has 1 fully saturated rings. The fraction of sp³-hybridized carbons (Fsp3) is 0.400. The molecule has 1 amide bonds. The van der Waals surface area contributed by atoms with Crippen LogP contribution in [0.4, 0.5) is 18.9 Å². The lowest BCUT2D eigenvalue weighted by molar-refractivity contribution is -0.137. The van der Waals surface area contributed by atoms with Gasteiger partial charge in [-0.3, -0.25) is 9.10 Å². The number of benzene rings is 1. The first-order chi connectivity index (χ1) is 15.1. The molecule has 0 N–H and O–H groups in total. The first-order valence-electron chi connectivity index (χ1n) is 9.87. The Hall–Kier alpha value is -2.09. The van der Waals surface area contributed by atoms with E-state index in [4.69, 9.17) is 4.74 Å². The number of nitrogens with zero attached hydrogens (tertiary/aromatic N) is 3. The van der Waals surface area contributed by atoms with Crippen molar-refractivity contribution in [3.05, 3.63) is 47.7 Å². The van der Waals surface area contributed by atoms with Crippen LogP contribution >= 0.6 is 22.6 Å². The van der Waals surface area contributed by atoms with Crippen LogP contribution in [0.5, 0.6) is 5.88 Å². The van der Waals surface area contributed by atoms with Crippen molar-refractivity contribution in [1.82, 2.24) is 9.88 Å². The average molecular weight is 581 g/mol. The van der Waals surface area contributed by atoms with Crippen LogP contribution in [0.25, 0.3) is 0 Å². The SMILES string of the molecule is O=C(c1cnc2c(c1)N(S(=O)(=O)c1ccc(C(F)(F)F)cc1)CCO2)N1CCCCC1I. The number of halogens is 4. The standard InChI is InChI=1S/C20H19F3IN3O4S/c21-20(22,23)14-4-6-15(7-5-14)32(29,30)27-9-10-31-18-16(27)11-13(12-25-18)19(28)26-8-2-1-3-17(26)24/h4-7,11-12,17H,1-3,8-10H2. The van der Waals surface area contributed by atoms with Crippen molar-refractivity contribution in [2.75, 3.05) is 24.0 Å². The number of fused-ring (bicyclic) bond motifs is 1. The van der Waals surface area contributed by atoms with Gasteiger partial charge >= 0.3 is 6.18 Å². The van der Waals surface area contributed by atoms with Gasteiger partial charge in [0, 0.05) is 12.7 Å². The summed E-state index contributed by atoms with van der Waals surface area (Å²) >= 11 is 2.21. The lowest BCUT2D eigenvalue weighted by atomic mass is 10.1. The van der Waals surface area contributed by atoms with E-state index in [2.05, 4.69) is 27.6 Å². The van der Waals surface area contributed by atoms with Crippen LogP contribution in [0.2, 0.25) is 0 Å². The van der Waals surface area contributed by atoms with Crippen LogP contribution in [-0.4, -0.2) is 48.0 Å². The summed E-state index contributed by atoms with van der Waals surface area (Å²) in [5.41, 5.74) is -0.627. The highest BCUT2D eigenvalue weighted by molar-refractivity contribution is 14.1. The molecule has 1 unspecified atom stereocenters. The number of aromatic nitrogens is 1. The maximum Gasteiger partial charge on any atom is 0.416 e. The zero-order valence-corrected chi connectivity index (χ0v) is 19.7. The molecule has 2 aromatic rings. The molecule has 7 nitrogen and oxygen atoms in total. The van der Waals surface area contributed by atoms with Gasteiger partial charge in [0.05, 0.1) is 26.6 Å². The Balaban J connectivity index is 1.68. The average Bonchev–Trinajstić information content (AvgIpc) is 2.77. The smallest absolute Gasteiger partial charge is 0.416 e. The number of alkyl halides is 4. The third-order valence-corrected chi connectivity index (χ3v) is 8.46. The number of hydrogen-bond donors (Lipinski definition) is 0. The van der Waals surface area contributed by atoms with Gasteiger partial charge in [0.15, 0.2) is 0 Å². The van der Waals surface area contributed by atoms with E-state index in [0.29, 0.717) is 6.54 Å². The molecule has 0 radical (unpaired) electrons. The second kappa shape index (κ2) is 8.69. The largest absolute Gasteiger partial charge is 0.474 e. The van der Waals surface area contributed by atoms with Gasteiger partial charge in [-0.2, -0.15) is 13.2 Å². The molecule has 1 aromatic heterocycles. The third kappa shape index (κ3) is 4.38. The Morgan fingerprint density at radius 3 is 2.53 bits per heavy atom. The zero-order valence-electron chi connectivity index (χ0n) is 16.7. The number of sulfonamides is 1. The number of carbonyl (C=O) groups excluding carboxylic acids is 1. The Morgan fingerprint density at radius 2 is 1.88 bits per heavy atom. The molecule has 12 heteroatoms. The number of anilines is 1. The highest BCUT2D eigenvalue weighted by Crippen LogP contribution is 2.36. The van der Waals surface area contributed by atoms with Crippen molar-refractivity contribution in [3.63, 3.8) is 0 Å². The topological polar surface area (TPSA) is 79.8 Å². The summed E-state index contributed by atoms with van der Waals surface area (Å²) in [4.78, 5) is 18.6. The Morgan fingerprint density at radius 1 is 1.16 bits per heavy atom. The summed E-state index contributed by atoms with van der Waals surface area (Å²) in [7, 11) is -4.20. The van der Waals surface area contributed by atoms with Crippen LogP contribution in [0.15, 0.2) is 41.4 Å². The summed E-state index contributed by atoms with van der Waals surface area (Å²) in [6.45, 7) is 0.566. The number of rotatable bonds is 3. The van der Waals surface area contributed by atoms with Crippen molar-refractivity contribution in [1.29, 1.82) is 0 Å². The number of amides is 1. The van der Waals surface area contributed by atoms with Gasteiger partial charge in [0.25, 0.3) is 15.9 Å². The van der Waals surface area contributed by atoms with E-state index in [1.165, 1.54) is 12.3 Å². The van der Waals surface area contributed by atoms with Crippen LogP contribution in [0.1, 0.15) is 35.2 Å². The first-order valence-corrected chi connectivity index (χ1v) is 12.6. The number of pyridine rings is 1. The second-order valence-corrected chi connectivity index (χ2v) is 10.7. The molecule has 1 saturated heterocycles. The van der Waals surface area contributed by atoms with Crippen molar-refractivity contribution in [2.45, 2.75) is 34.4 Å². The van der Waals surface area contributed by atoms with Crippen molar-refractivity contribution < 1.29 is 31.1 Å². The molecule has 2 aliphatic rings. The number of likely N-dealkylation sites (tertiary alicyclic amines) is 1. The minimum Gasteiger partial charge on any atom is -0.474 e. The minimum atomic E-state index is -4.57. The molecular weight excluding hydrogens is 562 g/mol. The number of ether oxygens (including phenoxy) is 1. The van der Waals surface area contributed by atoms with Crippen molar-refractivity contribution >= 4 is 44.2 Å². The second-order valence-electron chi connectivity index (χ2n) is 7.42. The monoisotopic (exact) mass is 581 g/mol. The molecule has 2 aliphatic heterocycles. The molecule has 32 heavy (non-hydrogen) atoms. The van der Waals surface area contributed by atoms with Gasteiger partial charge in [0.1, 0.15) is 12.3 Å². The van der Waals surface area contributed by atoms with E-state index < -0.39 is 21.8 Å². The third-order valence-electron chi connectivity index (χ3n) is 5.34. The summed E-state index contributed by atoms with van der Waals surface area (Å²) < 4.78 is 71.5. The van der Waals surface area contributed by atoms with Crippen LogP contribution in [0.3, 0.4) is 0 Å². The fourth-order valence-corrected chi connectivity index (χ4v) is 6.08. The number of piperidine rings is 1. The molecule has 1 aromatic carbocycles. The van der Waals surface area contributed by atoms with Crippen molar-refractivity contribution in [3.8, 4) is 5.88 Å². The maximum atomic E-state index is 13.2. The molecule has 172 valence electrons. The predicted molar refractivity (Wildman–Crippen MR) is 118 cm³/mol. The molecular formula is C20H19F3IN3O4S. The lowest BCUT2D eigenvalue weighted by Crippen LogP contribution is -2.41. The normalized spacial score (nSPS) is 19.3. The van der Waals surface area contributed by atoms with Gasteiger partial charge in [-0.05, 0) is 49.6 Å². The molecule has 0 spiro atoms. The van der Waals surface area contributed by atoms with E-state index in [0.717, 1.165) is 47.8 Å². The highest BCUT2D eigenvalue weighted by Gasteiger charge is 2.35. The van der Waals surface area contributed by atoms with Gasteiger partial charge in [-0.1, -0.05) is 22.6 Å². The molecule has 3 heterocycles. The molecule has 4 rings (SSSR count). The quantitative estimate of drug-likeness (QED) is 0.310. The number of hydrogen-bond acceptors (Lipinski definition) is 5.